The highest BCUT2D eigenvalue weighted by Crippen LogP contribution is 2.21. The Balaban J connectivity index is 2.08. The fraction of sp³-hybridized carbons (Fsp3) is 0.562. The van der Waals surface area contributed by atoms with E-state index in [9.17, 15) is 0 Å². The van der Waals surface area contributed by atoms with Crippen LogP contribution in [0, 0.1) is 5.92 Å². The van der Waals surface area contributed by atoms with Crippen molar-refractivity contribution in [2.75, 3.05) is 19.1 Å². The van der Waals surface area contributed by atoms with Gasteiger partial charge >= 0.3 is 0 Å². The van der Waals surface area contributed by atoms with E-state index >= 15 is 0 Å². The quantitative estimate of drug-likeness (QED) is 0.525. The average molecular weight is 329 g/mol. The maximum absolute atomic E-state index is 6.10. The Morgan fingerprint density at radius 3 is 2.86 bits per heavy atom. The third-order valence-corrected chi connectivity index (χ3v) is 3.65. The number of aromatic nitrogens is 2. The van der Waals surface area contributed by atoms with Gasteiger partial charge < -0.3 is 9.30 Å². The summed E-state index contributed by atoms with van der Waals surface area (Å²) in [6.07, 6.45) is 1.72. The molecule has 1 aromatic carbocycles. The second kappa shape index (κ2) is 8.02. The number of fused-ring (bicyclic) bond motifs is 1. The first-order chi connectivity index (χ1) is 10.1. The van der Waals surface area contributed by atoms with Crippen LogP contribution < -0.4 is 0 Å². The van der Waals surface area contributed by atoms with E-state index in [1.165, 1.54) is 0 Å². The van der Waals surface area contributed by atoms with Gasteiger partial charge in [0.05, 0.1) is 11.0 Å². The molecule has 116 valence electrons. The van der Waals surface area contributed by atoms with Crippen LogP contribution in [-0.4, -0.2) is 28.6 Å². The number of rotatable bonds is 8. The van der Waals surface area contributed by atoms with Crippen LogP contribution in [0.2, 0.25) is 5.02 Å². The molecule has 0 radical (unpaired) electrons. The summed E-state index contributed by atoms with van der Waals surface area (Å²) in [6.45, 7) is 6.76. The molecular formula is C16H22Cl2N2O. The van der Waals surface area contributed by atoms with Gasteiger partial charge in [-0.2, -0.15) is 0 Å². The average Bonchev–Trinajstić information content (AvgIpc) is 2.76. The van der Waals surface area contributed by atoms with Crippen LogP contribution in [0.4, 0.5) is 0 Å². The molecule has 0 aliphatic carbocycles. The lowest BCUT2D eigenvalue weighted by atomic mass is 10.2. The van der Waals surface area contributed by atoms with Crippen molar-refractivity contribution in [3.8, 4) is 0 Å². The molecule has 0 aliphatic rings. The Morgan fingerprint density at radius 2 is 2.14 bits per heavy atom. The van der Waals surface area contributed by atoms with Crippen molar-refractivity contribution in [1.29, 1.82) is 0 Å². The highest BCUT2D eigenvalue weighted by atomic mass is 35.5. The maximum Gasteiger partial charge on any atom is 0.111 e. The number of nitrogens with zero attached hydrogens (tertiary/aromatic N) is 2. The third kappa shape index (κ3) is 4.60. The SMILES string of the molecule is CC(C)COCCCn1c(CCCl)nc2ccc(Cl)cc21. The Hall–Kier alpha value is -0.770. The van der Waals surface area contributed by atoms with Crippen molar-refractivity contribution in [1.82, 2.24) is 9.55 Å². The van der Waals surface area contributed by atoms with Crippen molar-refractivity contribution >= 4 is 34.2 Å². The second-order valence-corrected chi connectivity index (χ2v) is 6.39. The molecule has 0 amide bonds. The van der Waals surface area contributed by atoms with E-state index in [4.69, 9.17) is 27.9 Å². The lowest BCUT2D eigenvalue weighted by Crippen LogP contribution is -2.09. The number of halogens is 2. The van der Waals surface area contributed by atoms with Gasteiger partial charge in [-0.25, -0.2) is 4.98 Å². The van der Waals surface area contributed by atoms with Gasteiger partial charge in [0, 0.05) is 37.1 Å². The number of alkyl halides is 1. The topological polar surface area (TPSA) is 27.1 Å². The molecule has 1 aromatic heterocycles. The molecule has 0 fully saturated rings. The first-order valence-electron chi connectivity index (χ1n) is 7.40. The summed E-state index contributed by atoms with van der Waals surface area (Å²) in [4.78, 5) is 4.65. The molecule has 2 aromatic rings. The highest BCUT2D eigenvalue weighted by molar-refractivity contribution is 6.31. The smallest absolute Gasteiger partial charge is 0.111 e. The number of hydrogen-bond acceptors (Lipinski definition) is 2. The van der Waals surface area contributed by atoms with Crippen LogP contribution in [0.1, 0.15) is 26.1 Å². The standard InChI is InChI=1S/C16H22Cl2N2O/c1-12(2)11-21-9-3-8-20-15-10-13(18)4-5-14(15)19-16(20)6-7-17/h4-5,10,12H,3,6-9,11H2,1-2H3. The van der Waals surface area contributed by atoms with Crippen molar-refractivity contribution in [3.63, 3.8) is 0 Å². The van der Waals surface area contributed by atoms with Gasteiger partial charge in [0.25, 0.3) is 0 Å². The highest BCUT2D eigenvalue weighted by Gasteiger charge is 2.10. The van der Waals surface area contributed by atoms with Gasteiger partial charge in [0.15, 0.2) is 0 Å². The monoisotopic (exact) mass is 328 g/mol. The zero-order valence-electron chi connectivity index (χ0n) is 12.6. The molecule has 0 N–H and O–H groups in total. The molecule has 21 heavy (non-hydrogen) atoms. The van der Waals surface area contributed by atoms with Crippen LogP contribution in [0.5, 0.6) is 0 Å². The van der Waals surface area contributed by atoms with Crippen molar-refractivity contribution in [3.05, 3.63) is 29.0 Å². The molecule has 0 unspecified atom stereocenters. The molecule has 0 atom stereocenters. The summed E-state index contributed by atoms with van der Waals surface area (Å²) in [7, 11) is 0. The molecule has 0 saturated heterocycles. The van der Waals surface area contributed by atoms with Crippen LogP contribution in [0.3, 0.4) is 0 Å². The molecule has 3 nitrogen and oxygen atoms in total. The van der Waals surface area contributed by atoms with Crippen LogP contribution in [-0.2, 0) is 17.7 Å². The normalized spacial score (nSPS) is 11.7. The molecule has 0 spiro atoms. The van der Waals surface area contributed by atoms with E-state index in [1.807, 2.05) is 18.2 Å². The minimum absolute atomic E-state index is 0.570. The Morgan fingerprint density at radius 1 is 1.33 bits per heavy atom. The van der Waals surface area contributed by atoms with Gasteiger partial charge in [-0.1, -0.05) is 25.4 Å². The van der Waals surface area contributed by atoms with E-state index in [2.05, 4.69) is 23.4 Å². The number of imidazole rings is 1. The van der Waals surface area contributed by atoms with E-state index in [0.717, 1.165) is 54.5 Å². The van der Waals surface area contributed by atoms with Crippen LogP contribution >= 0.6 is 23.2 Å². The van der Waals surface area contributed by atoms with Crippen molar-refractivity contribution in [2.45, 2.75) is 33.2 Å². The Bertz CT molecular complexity index is 581. The van der Waals surface area contributed by atoms with E-state index in [-0.39, 0.29) is 0 Å². The molecule has 1 heterocycles. The van der Waals surface area contributed by atoms with Gasteiger partial charge in [-0.15, -0.1) is 11.6 Å². The predicted molar refractivity (Wildman–Crippen MR) is 89.4 cm³/mol. The molecule has 2 rings (SSSR count). The molecule has 5 heteroatoms. The first-order valence-corrected chi connectivity index (χ1v) is 8.31. The summed E-state index contributed by atoms with van der Waals surface area (Å²) < 4.78 is 7.85. The third-order valence-electron chi connectivity index (χ3n) is 3.23. The van der Waals surface area contributed by atoms with Crippen LogP contribution in [0.25, 0.3) is 11.0 Å². The number of hydrogen-bond donors (Lipinski definition) is 0. The Labute approximate surface area is 136 Å². The van der Waals surface area contributed by atoms with E-state index in [1.54, 1.807) is 0 Å². The van der Waals surface area contributed by atoms with Gasteiger partial charge in [0.1, 0.15) is 5.82 Å². The minimum Gasteiger partial charge on any atom is -0.381 e. The van der Waals surface area contributed by atoms with Crippen molar-refractivity contribution < 1.29 is 4.74 Å². The summed E-state index contributed by atoms with van der Waals surface area (Å²) in [5.41, 5.74) is 2.05. The van der Waals surface area contributed by atoms with Crippen LogP contribution in [0.15, 0.2) is 18.2 Å². The van der Waals surface area contributed by atoms with E-state index in [0.29, 0.717) is 11.8 Å². The van der Waals surface area contributed by atoms with Gasteiger partial charge in [0.2, 0.25) is 0 Å². The zero-order valence-corrected chi connectivity index (χ0v) is 14.1. The Kier molecular flexibility index (Phi) is 6.34. The fourth-order valence-corrected chi connectivity index (χ4v) is 2.65. The number of benzene rings is 1. The summed E-state index contributed by atoms with van der Waals surface area (Å²) in [5, 5.41) is 0.733. The molecule has 0 aliphatic heterocycles. The fourth-order valence-electron chi connectivity index (χ4n) is 2.31. The minimum atomic E-state index is 0.570. The van der Waals surface area contributed by atoms with Gasteiger partial charge in [-0.3, -0.25) is 0 Å². The molecule has 0 bridgehead atoms. The molecular weight excluding hydrogens is 307 g/mol. The predicted octanol–water partition coefficient (Wildman–Crippen LogP) is 4.53. The van der Waals surface area contributed by atoms with Gasteiger partial charge in [-0.05, 0) is 30.5 Å². The lowest BCUT2D eigenvalue weighted by molar-refractivity contribution is 0.105. The number of aryl methyl sites for hydroxylation is 2. The van der Waals surface area contributed by atoms with E-state index < -0.39 is 0 Å². The summed E-state index contributed by atoms with van der Waals surface area (Å²) in [6, 6.07) is 5.80. The lowest BCUT2D eigenvalue weighted by Gasteiger charge is -2.10. The van der Waals surface area contributed by atoms with Crippen molar-refractivity contribution in [2.24, 2.45) is 5.92 Å². The maximum atomic E-state index is 6.10. The molecule has 0 saturated carbocycles. The largest absolute Gasteiger partial charge is 0.381 e. The number of ether oxygens (including phenoxy) is 1. The zero-order chi connectivity index (χ0) is 15.2. The first kappa shape index (κ1) is 16.6. The second-order valence-electron chi connectivity index (χ2n) is 5.57. The summed E-state index contributed by atoms with van der Waals surface area (Å²) in [5.74, 6) is 2.16. The summed E-state index contributed by atoms with van der Waals surface area (Å²) >= 11 is 12.0.